The van der Waals surface area contributed by atoms with Gasteiger partial charge in [-0.25, -0.2) is 0 Å². The second-order valence-electron chi connectivity index (χ2n) is 9.07. The maximum Gasteiger partial charge on any atom is 0.430 e. The average molecular weight is 540 g/mol. The van der Waals surface area contributed by atoms with Crippen LogP contribution in [-0.2, 0) is 18.7 Å². The first-order valence-corrected chi connectivity index (χ1v) is 12.3. The molecule has 0 amide bonds. The minimum absolute atomic E-state index is 0.439. The number of pyridine rings is 1. The molecule has 10 heteroatoms. The normalized spacial score (nSPS) is 12.9. The number of aromatic nitrogens is 1. The van der Waals surface area contributed by atoms with Crippen molar-refractivity contribution in [1.29, 1.82) is 0 Å². The summed E-state index contributed by atoms with van der Waals surface area (Å²) < 4.78 is 78.8. The molecule has 0 unspecified atom stereocenters. The molecule has 0 aliphatic rings. The number of halogens is 6. The molecule has 2 aromatic carbocycles. The fourth-order valence-corrected chi connectivity index (χ4v) is 4.18. The summed E-state index contributed by atoms with van der Waals surface area (Å²) in [4.78, 5) is 8.70. The van der Waals surface area contributed by atoms with E-state index in [1.165, 1.54) is 5.56 Å². The van der Waals surface area contributed by atoms with E-state index in [0.717, 1.165) is 50.4 Å². The Bertz CT molecular complexity index is 1120. The predicted molar refractivity (Wildman–Crippen MR) is 134 cm³/mol. The highest BCUT2D eigenvalue weighted by atomic mass is 19.4. The van der Waals surface area contributed by atoms with Gasteiger partial charge in [0.2, 0.25) is 0 Å². The van der Waals surface area contributed by atoms with Crippen LogP contribution in [0.1, 0.15) is 30.5 Å². The zero-order valence-electron chi connectivity index (χ0n) is 21.2. The van der Waals surface area contributed by atoms with Gasteiger partial charge in [-0.3, -0.25) is 14.8 Å². The number of alkyl halides is 6. The second kappa shape index (κ2) is 12.3. The van der Waals surface area contributed by atoms with E-state index in [1.807, 2.05) is 24.3 Å². The van der Waals surface area contributed by atoms with Crippen LogP contribution in [0.4, 0.5) is 26.3 Å². The fraction of sp³-hybridized carbons (Fsp3) is 0.393. The molecule has 1 aromatic heterocycles. The van der Waals surface area contributed by atoms with Gasteiger partial charge in [0, 0.05) is 44.1 Å². The quantitative estimate of drug-likeness (QED) is 0.286. The molecule has 1 heterocycles. The Kier molecular flexibility index (Phi) is 9.56. The third kappa shape index (κ3) is 6.92. The van der Waals surface area contributed by atoms with E-state index in [9.17, 15) is 31.4 Å². The van der Waals surface area contributed by atoms with Gasteiger partial charge in [-0.15, -0.1) is 0 Å². The number of rotatable bonds is 11. The van der Waals surface area contributed by atoms with Crippen molar-refractivity contribution in [2.24, 2.45) is 0 Å². The van der Waals surface area contributed by atoms with Gasteiger partial charge in [0.15, 0.2) is 0 Å². The van der Waals surface area contributed by atoms with E-state index < -0.39 is 23.5 Å². The average Bonchev–Trinajstić information content (AvgIpc) is 2.89. The molecular weight excluding hydrogens is 508 g/mol. The third-order valence-corrected chi connectivity index (χ3v) is 6.60. The van der Waals surface area contributed by atoms with E-state index in [2.05, 4.69) is 28.6 Å². The summed E-state index contributed by atoms with van der Waals surface area (Å²) in [6, 6.07) is 15.0. The molecule has 0 fully saturated rings. The summed E-state index contributed by atoms with van der Waals surface area (Å²) in [6.07, 6.45) is -8.26. The molecule has 206 valence electrons. The van der Waals surface area contributed by atoms with Gasteiger partial charge in [0.25, 0.3) is 5.60 Å². The monoisotopic (exact) mass is 539 g/mol. The van der Waals surface area contributed by atoms with E-state index in [4.69, 9.17) is 0 Å². The molecule has 1 N–H and O–H groups in total. The van der Waals surface area contributed by atoms with Crippen LogP contribution in [0.15, 0.2) is 73.1 Å². The summed E-state index contributed by atoms with van der Waals surface area (Å²) >= 11 is 0. The van der Waals surface area contributed by atoms with Crippen molar-refractivity contribution in [2.45, 2.75) is 44.9 Å². The van der Waals surface area contributed by atoms with Gasteiger partial charge in [0.1, 0.15) is 0 Å². The van der Waals surface area contributed by atoms with Gasteiger partial charge in [0.05, 0.1) is 0 Å². The zero-order chi connectivity index (χ0) is 28.0. The first kappa shape index (κ1) is 29.6. The molecule has 0 aliphatic heterocycles. The Morgan fingerprint density at radius 1 is 0.632 bits per heavy atom. The standard InChI is InChI=1S/C28H31F6N3O/c1-3-36(17-18-37(4-2)20-22-13-15-35-16-14-22)19-21-5-7-23(8-6-21)24-9-11-25(12-10-24)26(38,27(29,30)31)28(32,33)34/h5-16,38H,3-4,17-20H2,1-2H3. The summed E-state index contributed by atoms with van der Waals surface area (Å²) in [6.45, 7) is 9.25. The van der Waals surface area contributed by atoms with Crippen LogP contribution in [0.2, 0.25) is 0 Å². The number of benzene rings is 2. The van der Waals surface area contributed by atoms with Gasteiger partial charge < -0.3 is 5.11 Å². The maximum atomic E-state index is 13.1. The molecule has 0 aliphatic carbocycles. The smallest absolute Gasteiger partial charge is 0.369 e. The third-order valence-electron chi connectivity index (χ3n) is 6.60. The van der Waals surface area contributed by atoms with Crippen molar-refractivity contribution in [3.63, 3.8) is 0 Å². The number of nitrogens with zero attached hydrogens (tertiary/aromatic N) is 3. The summed E-state index contributed by atoms with van der Waals surface area (Å²) in [5.74, 6) is 0. The molecule has 38 heavy (non-hydrogen) atoms. The maximum absolute atomic E-state index is 13.1. The van der Waals surface area contributed by atoms with Crippen LogP contribution < -0.4 is 0 Å². The molecule has 0 saturated heterocycles. The predicted octanol–water partition coefficient (Wildman–Crippen LogP) is 6.40. The van der Waals surface area contributed by atoms with Gasteiger partial charge >= 0.3 is 12.4 Å². The molecule has 3 rings (SSSR count). The SMILES string of the molecule is CCN(CCN(CC)Cc1ccc(-c2ccc(C(O)(C(F)(F)F)C(F)(F)F)cc2)cc1)Cc1ccncc1. The van der Waals surface area contributed by atoms with Gasteiger partial charge in [-0.1, -0.05) is 62.4 Å². The Balaban J connectivity index is 1.64. The van der Waals surface area contributed by atoms with E-state index in [0.29, 0.717) is 29.8 Å². The van der Waals surface area contributed by atoms with Crippen LogP contribution in [0.25, 0.3) is 11.1 Å². The lowest BCUT2D eigenvalue weighted by atomic mass is 9.90. The molecule has 0 radical (unpaired) electrons. The lowest BCUT2D eigenvalue weighted by molar-refractivity contribution is -0.376. The number of likely N-dealkylation sites (N-methyl/N-ethyl adjacent to an activating group) is 2. The lowest BCUT2D eigenvalue weighted by Gasteiger charge is -2.32. The van der Waals surface area contributed by atoms with Crippen molar-refractivity contribution in [3.05, 3.63) is 89.7 Å². The van der Waals surface area contributed by atoms with Gasteiger partial charge in [-0.05, 0) is 47.5 Å². The second-order valence-corrected chi connectivity index (χ2v) is 9.07. The first-order valence-electron chi connectivity index (χ1n) is 12.3. The van der Waals surface area contributed by atoms with Crippen LogP contribution >= 0.6 is 0 Å². The molecule has 4 nitrogen and oxygen atoms in total. The molecule has 3 aromatic rings. The van der Waals surface area contributed by atoms with Crippen molar-refractivity contribution >= 4 is 0 Å². The largest absolute Gasteiger partial charge is 0.430 e. The van der Waals surface area contributed by atoms with Crippen molar-refractivity contribution in [1.82, 2.24) is 14.8 Å². The van der Waals surface area contributed by atoms with Crippen LogP contribution in [0.5, 0.6) is 0 Å². The summed E-state index contributed by atoms with van der Waals surface area (Å²) in [5, 5.41) is 9.57. The van der Waals surface area contributed by atoms with Crippen molar-refractivity contribution in [3.8, 4) is 11.1 Å². The van der Waals surface area contributed by atoms with Crippen LogP contribution in [0.3, 0.4) is 0 Å². The van der Waals surface area contributed by atoms with E-state index in [-0.39, 0.29) is 0 Å². The molecule has 0 saturated carbocycles. The van der Waals surface area contributed by atoms with Crippen LogP contribution in [-0.4, -0.2) is 58.4 Å². The Morgan fingerprint density at radius 3 is 1.42 bits per heavy atom. The highest BCUT2D eigenvalue weighted by Crippen LogP contribution is 2.50. The van der Waals surface area contributed by atoms with E-state index in [1.54, 1.807) is 24.5 Å². The van der Waals surface area contributed by atoms with Gasteiger partial charge in [-0.2, -0.15) is 26.3 Å². The van der Waals surface area contributed by atoms with Crippen LogP contribution in [0, 0.1) is 0 Å². The van der Waals surface area contributed by atoms with Crippen molar-refractivity contribution in [2.75, 3.05) is 26.2 Å². The van der Waals surface area contributed by atoms with E-state index >= 15 is 0 Å². The Morgan fingerprint density at radius 2 is 1.03 bits per heavy atom. The van der Waals surface area contributed by atoms with Crippen molar-refractivity contribution < 1.29 is 31.4 Å². The number of aliphatic hydroxyl groups is 1. The highest BCUT2D eigenvalue weighted by Gasteiger charge is 2.71. The highest BCUT2D eigenvalue weighted by molar-refractivity contribution is 5.64. The number of hydrogen-bond acceptors (Lipinski definition) is 4. The molecule has 0 atom stereocenters. The number of hydrogen-bond donors (Lipinski definition) is 1. The molecular formula is C28H31F6N3O. The summed E-state index contributed by atoms with van der Waals surface area (Å²) in [5.41, 5.74) is -2.89. The molecule has 0 bridgehead atoms. The first-order chi connectivity index (χ1) is 17.9. The molecule has 0 spiro atoms. The lowest BCUT2D eigenvalue weighted by Crippen LogP contribution is -2.53. The minimum atomic E-state index is -5.91. The minimum Gasteiger partial charge on any atom is -0.369 e. The fourth-order valence-electron chi connectivity index (χ4n) is 4.18. The summed E-state index contributed by atoms with van der Waals surface area (Å²) in [7, 11) is 0. The Labute approximate surface area is 218 Å². The topological polar surface area (TPSA) is 39.6 Å². The zero-order valence-corrected chi connectivity index (χ0v) is 21.2. The Hall–Kier alpha value is -2.95.